The van der Waals surface area contributed by atoms with Crippen molar-refractivity contribution in [2.45, 2.75) is 0 Å². The van der Waals surface area contributed by atoms with Crippen LogP contribution in [0.2, 0.25) is 0 Å². The molecule has 0 atom stereocenters. The van der Waals surface area contributed by atoms with Crippen LogP contribution in [0.5, 0.6) is 0 Å². The van der Waals surface area contributed by atoms with Gasteiger partial charge in [-0.2, -0.15) is 0 Å². The van der Waals surface area contributed by atoms with E-state index in [1.165, 1.54) is 0 Å². The molecule has 1 aromatic carbocycles. The van der Waals surface area contributed by atoms with Crippen LogP contribution in [0.25, 0.3) is 4.98 Å². The summed E-state index contributed by atoms with van der Waals surface area (Å²) >= 11 is 6.51. The highest BCUT2D eigenvalue weighted by atomic mass is 79.9. The predicted molar refractivity (Wildman–Crippen MR) is 56.8 cm³/mol. The fourth-order valence-electron chi connectivity index (χ4n) is 0.597. The molecule has 0 heterocycles. The number of benzene rings is 1. The molecular formula is C6H3BBr2F4N2. The fourth-order valence-corrected chi connectivity index (χ4v) is 1.87. The smallest absolute Gasteiger partial charge is 0.418 e. The molecule has 1 aromatic rings. The highest BCUT2D eigenvalue weighted by Crippen LogP contribution is 2.24. The SMILES string of the molecule is F[B-](F)(F)F.N#[N+]c1cc(Br)cc(Br)c1. The van der Waals surface area contributed by atoms with Crippen LogP contribution in [0.15, 0.2) is 27.1 Å². The molecule has 0 aliphatic carbocycles. The van der Waals surface area contributed by atoms with Crippen molar-refractivity contribution in [3.63, 3.8) is 0 Å². The lowest BCUT2D eigenvalue weighted by Crippen LogP contribution is -2.02. The summed E-state index contributed by atoms with van der Waals surface area (Å²) in [5.74, 6) is 0. The Labute approximate surface area is 99.6 Å². The molecule has 0 saturated heterocycles. The molecule has 82 valence electrons. The number of hydrogen-bond acceptors (Lipinski definition) is 1. The number of nitrogens with zero attached hydrogens (tertiary/aromatic N) is 2. The van der Waals surface area contributed by atoms with Gasteiger partial charge in [0.05, 0.1) is 0 Å². The van der Waals surface area contributed by atoms with Gasteiger partial charge in [-0.25, -0.2) is 0 Å². The van der Waals surface area contributed by atoms with Crippen molar-refractivity contribution in [2.24, 2.45) is 0 Å². The van der Waals surface area contributed by atoms with E-state index in [0.29, 0.717) is 5.69 Å². The van der Waals surface area contributed by atoms with E-state index in [1.54, 1.807) is 12.1 Å². The average Bonchev–Trinajstić information content (AvgIpc) is 1.99. The van der Waals surface area contributed by atoms with Crippen LogP contribution >= 0.6 is 31.9 Å². The Morgan fingerprint density at radius 2 is 1.33 bits per heavy atom. The summed E-state index contributed by atoms with van der Waals surface area (Å²) in [6, 6.07) is 5.30. The lowest BCUT2D eigenvalue weighted by Gasteiger charge is -1.94. The van der Waals surface area contributed by atoms with Gasteiger partial charge in [-0.15, -0.1) is 0 Å². The zero-order chi connectivity index (χ0) is 12.1. The Kier molecular flexibility index (Phi) is 5.83. The number of diazo groups is 1. The van der Waals surface area contributed by atoms with Crippen LogP contribution in [-0.2, 0) is 0 Å². The van der Waals surface area contributed by atoms with Gasteiger partial charge in [-0.3, -0.25) is 0 Å². The Bertz CT molecular complexity index is 350. The monoisotopic (exact) mass is 348 g/mol. The maximum Gasteiger partial charge on any atom is 0.673 e. The molecule has 0 aliphatic rings. The summed E-state index contributed by atoms with van der Waals surface area (Å²) in [6.45, 7) is 0. The van der Waals surface area contributed by atoms with Gasteiger partial charge in [-0.05, 0) is 6.07 Å². The highest BCUT2D eigenvalue weighted by molar-refractivity contribution is 9.11. The van der Waals surface area contributed by atoms with Crippen molar-refractivity contribution in [1.29, 1.82) is 5.39 Å². The molecule has 0 bridgehead atoms. The van der Waals surface area contributed by atoms with Crippen molar-refractivity contribution in [3.8, 4) is 0 Å². The number of rotatable bonds is 0. The van der Waals surface area contributed by atoms with Crippen LogP contribution in [0.1, 0.15) is 0 Å². The Morgan fingerprint density at radius 1 is 1.00 bits per heavy atom. The Balaban J connectivity index is 0.000000336. The fraction of sp³-hybridized carbons (Fsp3) is 0. The van der Waals surface area contributed by atoms with Crippen LogP contribution < -0.4 is 0 Å². The third-order valence-electron chi connectivity index (χ3n) is 0.963. The summed E-state index contributed by atoms with van der Waals surface area (Å²) in [6.07, 6.45) is 0. The van der Waals surface area contributed by atoms with E-state index in [4.69, 9.17) is 5.39 Å². The van der Waals surface area contributed by atoms with E-state index in [9.17, 15) is 17.3 Å². The molecule has 0 saturated carbocycles. The lowest BCUT2D eigenvalue weighted by atomic mass is 10.3. The minimum Gasteiger partial charge on any atom is -0.418 e. The second-order valence-corrected chi connectivity index (χ2v) is 4.05. The molecule has 0 N–H and O–H groups in total. The van der Waals surface area contributed by atoms with Crippen molar-refractivity contribution in [3.05, 3.63) is 32.1 Å². The first kappa shape index (κ1) is 14.4. The van der Waals surface area contributed by atoms with E-state index >= 15 is 0 Å². The van der Waals surface area contributed by atoms with Gasteiger partial charge in [0.15, 0.2) is 4.98 Å². The molecule has 0 fully saturated rings. The van der Waals surface area contributed by atoms with Crippen LogP contribution in [0.3, 0.4) is 0 Å². The first-order valence-corrected chi connectivity index (χ1v) is 4.99. The second-order valence-electron chi connectivity index (χ2n) is 2.22. The van der Waals surface area contributed by atoms with E-state index in [1.807, 2.05) is 6.07 Å². The molecular weight excluding hydrogens is 347 g/mol. The van der Waals surface area contributed by atoms with E-state index in [0.717, 1.165) is 8.95 Å². The van der Waals surface area contributed by atoms with Crippen LogP contribution in [-0.4, -0.2) is 7.25 Å². The molecule has 0 amide bonds. The molecule has 9 heteroatoms. The summed E-state index contributed by atoms with van der Waals surface area (Å²) < 4.78 is 40.8. The van der Waals surface area contributed by atoms with E-state index < -0.39 is 7.25 Å². The zero-order valence-electron chi connectivity index (χ0n) is 6.97. The minimum atomic E-state index is -6.00. The van der Waals surface area contributed by atoms with Crippen LogP contribution in [0, 0.1) is 5.39 Å². The third-order valence-corrected chi connectivity index (χ3v) is 1.88. The van der Waals surface area contributed by atoms with Crippen LogP contribution in [0.4, 0.5) is 23.0 Å². The quantitative estimate of drug-likeness (QED) is 0.368. The third kappa shape index (κ3) is 9.68. The van der Waals surface area contributed by atoms with Gasteiger partial charge < -0.3 is 17.3 Å². The predicted octanol–water partition coefficient (Wildman–Crippen LogP) is 5.00. The van der Waals surface area contributed by atoms with Crippen molar-refractivity contribution >= 4 is 44.8 Å². The largest absolute Gasteiger partial charge is 0.673 e. The first-order chi connectivity index (χ1) is 6.72. The normalized spacial score (nSPS) is 9.93. The number of halogens is 6. The molecule has 1 rings (SSSR count). The first-order valence-electron chi connectivity index (χ1n) is 3.41. The summed E-state index contributed by atoms with van der Waals surface area (Å²) in [7, 11) is -6.00. The second kappa shape index (κ2) is 6.07. The van der Waals surface area contributed by atoms with E-state index in [2.05, 4.69) is 36.8 Å². The summed E-state index contributed by atoms with van der Waals surface area (Å²) in [4.78, 5) is 3.03. The lowest BCUT2D eigenvalue weighted by molar-refractivity contribution is 0.368. The van der Waals surface area contributed by atoms with Crippen molar-refractivity contribution in [1.82, 2.24) is 0 Å². The van der Waals surface area contributed by atoms with Gasteiger partial charge in [0.2, 0.25) is 5.39 Å². The van der Waals surface area contributed by atoms with Crippen molar-refractivity contribution < 1.29 is 17.3 Å². The van der Waals surface area contributed by atoms with Crippen molar-refractivity contribution in [2.75, 3.05) is 0 Å². The Morgan fingerprint density at radius 3 is 1.60 bits per heavy atom. The minimum absolute atomic E-state index is 0.529. The standard InChI is InChI=1S/C6H3Br2N2.BF4/c7-4-1-5(8)3-6(2-4)10-9;2-1(3,4)5/h1-3H;/q+1;-1. The molecule has 0 unspecified atom stereocenters. The van der Waals surface area contributed by atoms with E-state index in [-0.39, 0.29) is 0 Å². The molecule has 0 aromatic heterocycles. The average molecular weight is 350 g/mol. The van der Waals surface area contributed by atoms with Gasteiger partial charge in [0, 0.05) is 21.1 Å². The summed E-state index contributed by atoms with van der Waals surface area (Å²) in [5.41, 5.74) is 0.529. The molecule has 2 nitrogen and oxygen atoms in total. The zero-order valence-corrected chi connectivity index (χ0v) is 10.1. The molecule has 0 aliphatic heterocycles. The summed E-state index contributed by atoms with van der Waals surface area (Å²) in [5, 5.41) is 8.37. The van der Waals surface area contributed by atoms with Gasteiger partial charge in [0.25, 0.3) is 0 Å². The van der Waals surface area contributed by atoms with Gasteiger partial charge >= 0.3 is 12.9 Å². The molecule has 15 heavy (non-hydrogen) atoms. The topological polar surface area (TPSA) is 28.1 Å². The number of hydrogen-bond donors (Lipinski definition) is 0. The van der Waals surface area contributed by atoms with Gasteiger partial charge in [0.1, 0.15) is 0 Å². The van der Waals surface area contributed by atoms with Gasteiger partial charge in [-0.1, -0.05) is 31.9 Å². The maximum atomic E-state index is 9.75. The Hall–Kier alpha value is -0.615. The molecule has 0 radical (unpaired) electrons. The molecule has 0 spiro atoms. The highest BCUT2D eigenvalue weighted by Gasteiger charge is 2.20. The maximum absolute atomic E-state index is 9.75.